The minimum Gasteiger partial charge on any atom is -0.247 e. The summed E-state index contributed by atoms with van der Waals surface area (Å²) in [6.07, 6.45) is 17.7. The van der Waals surface area contributed by atoms with Crippen molar-refractivity contribution >= 4 is 0 Å². The van der Waals surface area contributed by atoms with Gasteiger partial charge in [0.2, 0.25) is 0 Å². The van der Waals surface area contributed by atoms with E-state index in [2.05, 4.69) is 83.3 Å². The molecule has 1 heterocycles. The molecule has 0 aliphatic carbocycles. The molecule has 31 heavy (non-hydrogen) atoms. The van der Waals surface area contributed by atoms with E-state index in [0.29, 0.717) is 0 Å². The number of hydrogen-bond donors (Lipinski definition) is 1. The summed E-state index contributed by atoms with van der Waals surface area (Å²) in [4.78, 5) is 3.62. The fourth-order valence-electron chi connectivity index (χ4n) is 4.44. The average Bonchev–Trinajstić information content (AvgIpc) is 3.18. The lowest BCUT2D eigenvalue weighted by Crippen LogP contribution is -2.40. The second-order valence-electron chi connectivity index (χ2n) is 8.85. The zero-order valence-corrected chi connectivity index (χ0v) is 19.5. The standard InChI is InChI=1S/C29H40N2/c1-2-3-4-5-6-7-8-15-23-31-28(24-27-19-13-10-14-20-27)25-30-29(31)22-16-21-26-17-11-9-12-18-26/h9-14,17-20,25H,2-8,15-16,21-24H2,1H3/p+1. The van der Waals surface area contributed by atoms with Crippen molar-refractivity contribution in [1.29, 1.82) is 0 Å². The van der Waals surface area contributed by atoms with Crippen LogP contribution < -0.4 is 4.57 Å². The Morgan fingerprint density at radius 2 is 1.26 bits per heavy atom. The predicted octanol–water partition coefficient (Wildman–Crippen LogP) is 7.21. The third kappa shape index (κ3) is 8.36. The summed E-state index contributed by atoms with van der Waals surface area (Å²) in [5.74, 6) is 1.39. The molecule has 0 bridgehead atoms. The van der Waals surface area contributed by atoms with Gasteiger partial charge in [-0.2, -0.15) is 0 Å². The lowest BCUT2D eigenvalue weighted by Gasteiger charge is -2.07. The zero-order chi connectivity index (χ0) is 21.6. The van der Waals surface area contributed by atoms with Crippen molar-refractivity contribution in [3.05, 3.63) is 89.5 Å². The molecule has 0 aliphatic heterocycles. The van der Waals surface area contributed by atoms with Gasteiger partial charge in [0, 0.05) is 12.8 Å². The monoisotopic (exact) mass is 417 g/mol. The lowest BCUT2D eigenvalue weighted by atomic mass is 10.1. The summed E-state index contributed by atoms with van der Waals surface area (Å²) in [5, 5.41) is 0. The number of aromatic nitrogens is 2. The van der Waals surface area contributed by atoms with Gasteiger partial charge in [-0.3, -0.25) is 0 Å². The quantitative estimate of drug-likeness (QED) is 0.199. The third-order valence-corrected chi connectivity index (χ3v) is 6.26. The maximum atomic E-state index is 3.62. The van der Waals surface area contributed by atoms with Gasteiger partial charge in [0.25, 0.3) is 5.82 Å². The first-order chi connectivity index (χ1) is 15.4. The Morgan fingerprint density at radius 3 is 1.94 bits per heavy atom. The molecule has 0 saturated carbocycles. The normalized spacial score (nSPS) is 11.1. The molecule has 2 aromatic carbocycles. The molecule has 2 nitrogen and oxygen atoms in total. The molecule has 3 rings (SSSR count). The Morgan fingerprint density at radius 1 is 0.645 bits per heavy atom. The molecule has 0 amide bonds. The van der Waals surface area contributed by atoms with Gasteiger partial charge in [-0.15, -0.1) is 0 Å². The van der Waals surface area contributed by atoms with E-state index < -0.39 is 0 Å². The largest absolute Gasteiger partial charge is 0.254 e. The second kappa shape index (κ2) is 13.9. The molecule has 0 fully saturated rings. The number of aromatic amines is 1. The molecule has 3 aromatic rings. The van der Waals surface area contributed by atoms with Crippen LogP contribution >= 0.6 is 0 Å². The fraction of sp³-hybridized carbons (Fsp3) is 0.483. The number of nitrogens with zero attached hydrogens (tertiary/aromatic N) is 1. The van der Waals surface area contributed by atoms with E-state index in [-0.39, 0.29) is 0 Å². The van der Waals surface area contributed by atoms with Crippen LogP contribution in [0.3, 0.4) is 0 Å². The van der Waals surface area contributed by atoms with Gasteiger partial charge < -0.3 is 0 Å². The van der Waals surface area contributed by atoms with Crippen LogP contribution in [0, 0.1) is 0 Å². The lowest BCUT2D eigenvalue weighted by molar-refractivity contribution is -0.709. The second-order valence-corrected chi connectivity index (χ2v) is 8.85. The van der Waals surface area contributed by atoms with Gasteiger partial charge in [-0.05, 0) is 36.8 Å². The summed E-state index contributed by atoms with van der Waals surface area (Å²) >= 11 is 0. The van der Waals surface area contributed by atoms with Gasteiger partial charge in [0.1, 0.15) is 11.9 Å². The fourth-order valence-corrected chi connectivity index (χ4v) is 4.44. The van der Waals surface area contributed by atoms with E-state index in [4.69, 9.17) is 0 Å². The minimum absolute atomic E-state index is 1.01. The van der Waals surface area contributed by atoms with Crippen LogP contribution in [0.4, 0.5) is 0 Å². The summed E-state index contributed by atoms with van der Waals surface area (Å²) in [7, 11) is 0. The number of aryl methyl sites for hydroxylation is 2. The average molecular weight is 418 g/mol. The van der Waals surface area contributed by atoms with Crippen LogP contribution in [0.25, 0.3) is 0 Å². The Bertz CT molecular complexity index is 836. The molecule has 1 aromatic heterocycles. The first-order valence-electron chi connectivity index (χ1n) is 12.5. The van der Waals surface area contributed by atoms with Crippen LogP contribution in [0.2, 0.25) is 0 Å². The van der Waals surface area contributed by atoms with E-state index >= 15 is 0 Å². The van der Waals surface area contributed by atoms with E-state index in [0.717, 1.165) is 25.8 Å². The SMILES string of the molecule is CCCCCCCCCC[n+]1c(Cc2ccccc2)c[nH]c1CCCc1ccccc1. The molecule has 2 heteroatoms. The smallest absolute Gasteiger partial charge is 0.247 e. The first kappa shape index (κ1) is 23.3. The van der Waals surface area contributed by atoms with Crippen molar-refractivity contribution in [1.82, 2.24) is 4.98 Å². The molecule has 1 N–H and O–H groups in total. The highest BCUT2D eigenvalue weighted by Crippen LogP contribution is 2.12. The first-order valence-corrected chi connectivity index (χ1v) is 12.5. The van der Waals surface area contributed by atoms with E-state index in [1.54, 1.807) is 0 Å². The van der Waals surface area contributed by atoms with Crippen molar-refractivity contribution < 1.29 is 4.57 Å². The summed E-state index contributed by atoms with van der Waals surface area (Å²) in [6, 6.07) is 21.7. The van der Waals surface area contributed by atoms with Crippen molar-refractivity contribution in [2.75, 3.05) is 0 Å². The number of benzene rings is 2. The third-order valence-electron chi connectivity index (χ3n) is 6.26. The molecule has 0 unspecified atom stereocenters. The topological polar surface area (TPSA) is 19.7 Å². The molecule has 0 radical (unpaired) electrons. The highest BCUT2D eigenvalue weighted by molar-refractivity contribution is 5.19. The Balaban J connectivity index is 1.54. The summed E-state index contributed by atoms with van der Waals surface area (Å²) in [6.45, 7) is 3.43. The number of nitrogens with one attached hydrogen (secondary N) is 1. The van der Waals surface area contributed by atoms with Gasteiger partial charge in [0.15, 0.2) is 0 Å². The molecular formula is C29H41N2+. The van der Waals surface area contributed by atoms with Crippen molar-refractivity contribution in [3.8, 4) is 0 Å². The number of imidazole rings is 1. The van der Waals surface area contributed by atoms with E-state index in [1.807, 2.05) is 0 Å². The molecule has 166 valence electrons. The maximum absolute atomic E-state index is 3.62. The Kier molecular flexibility index (Phi) is 10.4. The molecule has 0 atom stereocenters. The number of H-pyrrole nitrogens is 1. The van der Waals surface area contributed by atoms with Gasteiger partial charge in [-0.1, -0.05) is 106 Å². The molecule has 0 spiro atoms. The number of unbranched alkanes of at least 4 members (excludes halogenated alkanes) is 7. The minimum atomic E-state index is 1.01. The highest BCUT2D eigenvalue weighted by Gasteiger charge is 2.17. The summed E-state index contributed by atoms with van der Waals surface area (Å²) < 4.78 is 2.58. The van der Waals surface area contributed by atoms with E-state index in [1.165, 1.54) is 80.4 Å². The van der Waals surface area contributed by atoms with Crippen LogP contribution in [0.5, 0.6) is 0 Å². The van der Waals surface area contributed by atoms with Crippen LogP contribution in [0.1, 0.15) is 87.4 Å². The van der Waals surface area contributed by atoms with Gasteiger partial charge in [-0.25, -0.2) is 9.55 Å². The molecule has 0 aliphatic rings. The summed E-state index contributed by atoms with van der Waals surface area (Å²) in [5.41, 5.74) is 4.25. The predicted molar refractivity (Wildman–Crippen MR) is 131 cm³/mol. The van der Waals surface area contributed by atoms with E-state index in [9.17, 15) is 0 Å². The molecular weight excluding hydrogens is 376 g/mol. The number of rotatable bonds is 15. The van der Waals surface area contributed by atoms with Crippen LogP contribution in [-0.2, 0) is 25.8 Å². The van der Waals surface area contributed by atoms with Gasteiger partial charge >= 0.3 is 0 Å². The Hall–Kier alpha value is -2.35. The molecule has 0 saturated heterocycles. The van der Waals surface area contributed by atoms with Crippen LogP contribution in [-0.4, -0.2) is 4.98 Å². The maximum Gasteiger partial charge on any atom is 0.254 e. The van der Waals surface area contributed by atoms with Crippen LogP contribution in [0.15, 0.2) is 66.9 Å². The van der Waals surface area contributed by atoms with Crippen molar-refractivity contribution in [2.24, 2.45) is 0 Å². The van der Waals surface area contributed by atoms with Crippen molar-refractivity contribution in [3.63, 3.8) is 0 Å². The number of hydrogen-bond acceptors (Lipinski definition) is 0. The Labute approximate surface area is 189 Å². The van der Waals surface area contributed by atoms with Gasteiger partial charge in [0.05, 0.1) is 6.54 Å². The van der Waals surface area contributed by atoms with Crippen molar-refractivity contribution in [2.45, 2.75) is 90.5 Å². The zero-order valence-electron chi connectivity index (χ0n) is 19.5. The highest BCUT2D eigenvalue weighted by atomic mass is 15.1.